The van der Waals surface area contributed by atoms with Crippen molar-refractivity contribution in [2.75, 3.05) is 5.32 Å². The Morgan fingerprint density at radius 1 is 0.952 bits per heavy atom. The zero-order chi connectivity index (χ0) is 14.7. The van der Waals surface area contributed by atoms with Gasteiger partial charge in [0.25, 0.3) is 0 Å². The van der Waals surface area contributed by atoms with E-state index in [0.717, 1.165) is 16.6 Å². The maximum absolute atomic E-state index is 11.6. The van der Waals surface area contributed by atoms with Crippen LogP contribution < -0.4 is 10.8 Å². The summed E-state index contributed by atoms with van der Waals surface area (Å²) in [6.45, 7) is 0. The fourth-order valence-corrected chi connectivity index (χ4v) is 2.20. The molecule has 5 heteroatoms. The third-order valence-electron chi connectivity index (χ3n) is 3.18. The second kappa shape index (κ2) is 5.60. The third kappa shape index (κ3) is 2.54. The van der Waals surface area contributed by atoms with Crippen molar-refractivity contribution in [3.05, 3.63) is 71.6 Å². The first-order valence-corrected chi connectivity index (χ1v) is 6.42. The molecule has 0 bridgehead atoms. The van der Waals surface area contributed by atoms with E-state index in [4.69, 9.17) is 0 Å². The second-order valence-corrected chi connectivity index (χ2v) is 4.48. The van der Waals surface area contributed by atoms with Crippen molar-refractivity contribution in [1.29, 1.82) is 0 Å². The first-order valence-electron chi connectivity index (χ1n) is 6.42. The van der Waals surface area contributed by atoms with Crippen molar-refractivity contribution < 1.29 is 4.79 Å². The van der Waals surface area contributed by atoms with Gasteiger partial charge in [-0.3, -0.25) is 9.78 Å². The molecule has 1 amide bonds. The molecule has 0 aliphatic heterocycles. The smallest absolute Gasteiger partial charge is 0.242 e. The van der Waals surface area contributed by atoms with E-state index >= 15 is 0 Å². The minimum absolute atomic E-state index is 0.299. The number of para-hydroxylation sites is 2. The van der Waals surface area contributed by atoms with Crippen molar-refractivity contribution in [3.8, 4) is 0 Å². The number of hydroxylamine groups is 1. The molecule has 1 aromatic heterocycles. The fourth-order valence-electron chi connectivity index (χ4n) is 2.20. The molecule has 0 saturated carbocycles. The van der Waals surface area contributed by atoms with Crippen LogP contribution in [0.1, 0.15) is 10.4 Å². The highest BCUT2D eigenvalue weighted by Gasteiger charge is 2.09. The molecule has 21 heavy (non-hydrogen) atoms. The minimum Gasteiger partial charge on any atom is -0.759 e. The van der Waals surface area contributed by atoms with Gasteiger partial charge in [0.2, 0.25) is 5.91 Å². The van der Waals surface area contributed by atoms with Crippen LogP contribution in [0.15, 0.2) is 60.8 Å². The predicted molar refractivity (Wildman–Crippen MR) is 82.3 cm³/mol. The van der Waals surface area contributed by atoms with E-state index in [9.17, 15) is 10.0 Å². The molecule has 1 heterocycles. The molecule has 0 fully saturated rings. The Morgan fingerprint density at radius 3 is 2.57 bits per heavy atom. The maximum atomic E-state index is 11.6. The lowest BCUT2D eigenvalue weighted by molar-refractivity contribution is 0.0971. The second-order valence-electron chi connectivity index (χ2n) is 4.48. The van der Waals surface area contributed by atoms with Gasteiger partial charge in [-0.1, -0.05) is 30.3 Å². The minimum atomic E-state index is -0.670. The first kappa shape index (κ1) is 13.1. The van der Waals surface area contributed by atoms with Crippen LogP contribution in [-0.2, 0) is 0 Å². The summed E-state index contributed by atoms with van der Waals surface area (Å²) >= 11 is 0. The monoisotopic (exact) mass is 278 g/mol. The molecule has 5 nitrogen and oxygen atoms in total. The zero-order valence-corrected chi connectivity index (χ0v) is 11.0. The molecule has 0 atom stereocenters. The van der Waals surface area contributed by atoms with E-state index in [1.807, 2.05) is 30.3 Å². The van der Waals surface area contributed by atoms with E-state index in [2.05, 4.69) is 10.3 Å². The summed E-state index contributed by atoms with van der Waals surface area (Å²) in [6, 6.07) is 16.4. The lowest BCUT2D eigenvalue weighted by Gasteiger charge is -2.14. The van der Waals surface area contributed by atoms with Gasteiger partial charge in [0.1, 0.15) is 0 Å². The van der Waals surface area contributed by atoms with Crippen molar-refractivity contribution >= 4 is 28.2 Å². The number of carbonyl (C=O) groups is 1. The van der Waals surface area contributed by atoms with Crippen LogP contribution in [0.3, 0.4) is 0 Å². The van der Waals surface area contributed by atoms with E-state index in [1.54, 1.807) is 30.5 Å². The number of carbonyl (C=O) groups excluding carboxylic acids is 1. The standard InChI is InChI=1S/C16H12N3O2/c20-16(19-21)12-6-2-4-8-14(12)18-15-9-10-17-13-7-3-1-5-11(13)15/h1-10H,(H2-,17,18,19,20,21)/q-1. The number of pyridine rings is 1. The number of rotatable bonds is 3. The third-order valence-corrected chi connectivity index (χ3v) is 3.18. The molecule has 2 N–H and O–H groups in total. The Kier molecular flexibility index (Phi) is 3.49. The maximum Gasteiger partial charge on any atom is 0.242 e. The highest BCUT2D eigenvalue weighted by molar-refractivity contribution is 6.02. The van der Waals surface area contributed by atoms with Gasteiger partial charge in [0.15, 0.2) is 0 Å². The molecule has 104 valence electrons. The number of fused-ring (bicyclic) bond motifs is 1. The summed E-state index contributed by atoms with van der Waals surface area (Å²) in [7, 11) is 0. The van der Waals surface area contributed by atoms with Gasteiger partial charge in [-0.15, -0.1) is 0 Å². The number of hydrogen-bond donors (Lipinski definition) is 2. The number of nitrogens with one attached hydrogen (secondary N) is 2. The number of anilines is 2. The van der Waals surface area contributed by atoms with Gasteiger partial charge in [0.05, 0.1) is 16.8 Å². The van der Waals surface area contributed by atoms with Gasteiger partial charge >= 0.3 is 0 Å². The number of nitrogens with zero attached hydrogens (tertiary/aromatic N) is 1. The summed E-state index contributed by atoms with van der Waals surface area (Å²) in [5.41, 5.74) is 3.95. The number of benzene rings is 2. The number of hydrogen-bond acceptors (Lipinski definition) is 4. The van der Waals surface area contributed by atoms with E-state index < -0.39 is 5.91 Å². The van der Waals surface area contributed by atoms with Crippen molar-refractivity contribution in [3.63, 3.8) is 0 Å². The molecule has 0 radical (unpaired) electrons. The average Bonchev–Trinajstić information content (AvgIpc) is 2.55. The van der Waals surface area contributed by atoms with Crippen molar-refractivity contribution in [2.45, 2.75) is 0 Å². The first-order chi connectivity index (χ1) is 10.3. The summed E-state index contributed by atoms with van der Waals surface area (Å²) in [5.74, 6) is -0.670. The lowest BCUT2D eigenvalue weighted by Crippen LogP contribution is -2.17. The number of amides is 1. The zero-order valence-electron chi connectivity index (χ0n) is 11.0. The molecule has 0 saturated heterocycles. The predicted octanol–water partition coefficient (Wildman–Crippen LogP) is 3.21. The SMILES string of the molecule is O=C(N[O-])c1ccccc1Nc1ccnc2ccccc12. The van der Waals surface area contributed by atoms with Crippen LogP contribution in [0, 0.1) is 5.21 Å². The Morgan fingerprint density at radius 2 is 1.71 bits per heavy atom. The molecule has 0 spiro atoms. The Balaban J connectivity index is 2.05. The van der Waals surface area contributed by atoms with Crippen LogP contribution in [0.2, 0.25) is 0 Å². The molecule has 0 unspecified atom stereocenters. The topological polar surface area (TPSA) is 77.1 Å². The number of aromatic nitrogens is 1. The van der Waals surface area contributed by atoms with Crippen LogP contribution in [-0.4, -0.2) is 10.9 Å². The molecule has 0 aliphatic carbocycles. The van der Waals surface area contributed by atoms with Crippen LogP contribution in [0.25, 0.3) is 10.9 Å². The van der Waals surface area contributed by atoms with E-state index in [1.165, 1.54) is 5.48 Å². The van der Waals surface area contributed by atoms with Gasteiger partial charge in [-0.2, -0.15) is 0 Å². The van der Waals surface area contributed by atoms with E-state index in [-0.39, 0.29) is 0 Å². The normalized spacial score (nSPS) is 10.3. The Bertz CT molecular complexity index is 797. The van der Waals surface area contributed by atoms with Gasteiger partial charge < -0.3 is 16.0 Å². The fraction of sp³-hybridized carbons (Fsp3) is 0. The lowest BCUT2D eigenvalue weighted by atomic mass is 10.1. The summed E-state index contributed by atoms with van der Waals surface area (Å²) in [4.78, 5) is 15.9. The molecule has 2 aromatic carbocycles. The van der Waals surface area contributed by atoms with Gasteiger partial charge in [-0.05, 0) is 24.3 Å². The summed E-state index contributed by atoms with van der Waals surface area (Å²) < 4.78 is 0. The summed E-state index contributed by atoms with van der Waals surface area (Å²) in [6.07, 6.45) is 1.70. The molecule has 3 aromatic rings. The van der Waals surface area contributed by atoms with Gasteiger partial charge in [0, 0.05) is 17.3 Å². The van der Waals surface area contributed by atoms with Crippen LogP contribution in [0.4, 0.5) is 11.4 Å². The van der Waals surface area contributed by atoms with Crippen LogP contribution >= 0.6 is 0 Å². The van der Waals surface area contributed by atoms with Crippen molar-refractivity contribution in [2.24, 2.45) is 0 Å². The molecule has 0 aliphatic rings. The summed E-state index contributed by atoms with van der Waals surface area (Å²) in [5, 5.41) is 14.7. The quantitative estimate of drug-likeness (QED) is 0.721. The highest BCUT2D eigenvalue weighted by Crippen LogP contribution is 2.26. The van der Waals surface area contributed by atoms with Crippen LogP contribution in [0.5, 0.6) is 0 Å². The largest absolute Gasteiger partial charge is 0.759 e. The van der Waals surface area contributed by atoms with Crippen molar-refractivity contribution in [1.82, 2.24) is 10.5 Å². The highest BCUT2D eigenvalue weighted by atomic mass is 16.5. The van der Waals surface area contributed by atoms with E-state index in [0.29, 0.717) is 11.3 Å². The molecule has 3 rings (SSSR count). The Labute approximate surface area is 121 Å². The Hall–Kier alpha value is -2.92. The average molecular weight is 278 g/mol. The molecular weight excluding hydrogens is 266 g/mol. The van der Waals surface area contributed by atoms with Gasteiger partial charge in [-0.25, -0.2) is 0 Å². The molecular formula is C16H12N3O2-.